The first-order valence-electron chi connectivity index (χ1n) is 5.42. The predicted molar refractivity (Wildman–Crippen MR) is 56.5 cm³/mol. The number of carbonyl (C=O) groups is 1. The first-order chi connectivity index (χ1) is 7.15. The lowest BCUT2D eigenvalue weighted by Gasteiger charge is -2.30. The van der Waals surface area contributed by atoms with Crippen molar-refractivity contribution in [3.8, 4) is 0 Å². The van der Waals surface area contributed by atoms with Gasteiger partial charge in [-0.25, -0.2) is 15.2 Å². The fourth-order valence-corrected chi connectivity index (χ4v) is 2.09. The van der Waals surface area contributed by atoms with Crippen LogP contribution in [0.25, 0.3) is 0 Å². The van der Waals surface area contributed by atoms with Crippen molar-refractivity contribution < 1.29 is 14.6 Å². The zero-order valence-electron chi connectivity index (χ0n) is 9.40. The highest BCUT2D eigenvalue weighted by atomic mass is 16.5. The summed E-state index contributed by atoms with van der Waals surface area (Å²) in [5.74, 6) is 0.490. The van der Waals surface area contributed by atoms with Crippen LogP contribution in [0.2, 0.25) is 0 Å². The van der Waals surface area contributed by atoms with Crippen molar-refractivity contribution in [2.75, 3.05) is 20.3 Å². The van der Waals surface area contributed by atoms with Crippen molar-refractivity contribution in [2.45, 2.75) is 32.2 Å². The molecule has 1 saturated heterocycles. The summed E-state index contributed by atoms with van der Waals surface area (Å²) in [7, 11) is 1.63. The molecule has 0 aliphatic carbocycles. The number of hydrazine groups is 1. The van der Waals surface area contributed by atoms with E-state index in [2.05, 4.69) is 5.43 Å². The van der Waals surface area contributed by atoms with Crippen LogP contribution in [0.1, 0.15) is 26.2 Å². The lowest BCUT2D eigenvalue weighted by molar-refractivity contribution is 0.0339. The average Bonchev–Trinajstić information content (AvgIpc) is 2.19. The normalized spacial score (nSPS) is 23.5. The third-order valence-corrected chi connectivity index (χ3v) is 2.82. The Bertz CT molecular complexity index is 205. The average molecular weight is 216 g/mol. The van der Waals surface area contributed by atoms with Gasteiger partial charge in [0.1, 0.15) is 0 Å². The van der Waals surface area contributed by atoms with Crippen LogP contribution in [0, 0.1) is 5.92 Å². The van der Waals surface area contributed by atoms with Gasteiger partial charge in [-0.15, -0.1) is 0 Å². The number of amides is 1. The molecule has 0 aromatic heterocycles. The van der Waals surface area contributed by atoms with Crippen molar-refractivity contribution in [3.05, 3.63) is 0 Å². The topological polar surface area (TPSA) is 61.8 Å². The highest BCUT2D eigenvalue weighted by Gasteiger charge is 2.23. The molecule has 0 aromatic rings. The maximum atomic E-state index is 10.8. The van der Waals surface area contributed by atoms with Crippen molar-refractivity contribution in [1.29, 1.82) is 0 Å². The first-order valence-corrected chi connectivity index (χ1v) is 5.42. The van der Waals surface area contributed by atoms with Crippen molar-refractivity contribution in [1.82, 2.24) is 10.4 Å². The Morgan fingerprint density at radius 1 is 1.73 bits per heavy atom. The van der Waals surface area contributed by atoms with Crippen molar-refractivity contribution in [3.63, 3.8) is 0 Å². The molecular formula is C10H20N2O3. The number of rotatable bonds is 4. The monoisotopic (exact) mass is 216 g/mol. The van der Waals surface area contributed by atoms with E-state index in [1.807, 2.05) is 6.92 Å². The Labute approximate surface area is 90.4 Å². The Balaban J connectivity index is 2.38. The summed E-state index contributed by atoms with van der Waals surface area (Å²) in [6, 6.07) is -0.0146. The number of nitrogens with one attached hydrogen (secondary N) is 1. The van der Waals surface area contributed by atoms with Crippen LogP contribution < -0.4 is 5.43 Å². The van der Waals surface area contributed by atoms with Gasteiger partial charge >= 0.3 is 6.09 Å². The van der Waals surface area contributed by atoms with Crippen LogP contribution in [0.4, 0.5) is 4.79 Å². The Morgan fingerprint density at radius 2 is 2.47 bits per heavy atom. The molecule has 5 nitrogen and oxygen atoms in total. The van der Waals surface area contributed by atoms with E-state index in [-0.39, 0.29) is 6.04 Å². The molecule has 88 valence electrons. The van der Waals surface area contributed by atoms with Gasteiger partial charge in [-0.3, -0.25) is 0 Å². The maximum absolute atomic E-state index is 10.8. The number of ether oxygens (including phenoxy) is 1. The van der Waals surface area contributed by atoms with E-state index in [0.717, 1.165) is 32.5 Å². The minimum atomic E-state index is -0.929. The molecule has 0 aromatic carbocycles. The summed E-state index contributed by atoms with van der Waals surface area (Å²) >= 11 is 0. The molecule has 1 aliphatic heterocycles. The standard InChI is InChI=1S/C10H20N2O3/c1-8(12(11-2)10(13)14)6-9-4-3-5-15-7-9/h8-9,11H,3-7H2,1-2H3,(H,13,14)/t8-,9?/m0/s1. The van der Waals surface area contributed by atoms with Crippen LogP contribution in [-0.4, -0.2) is 42.5 Å². The highest BCUT2D eigenvalue weighted by Crippen LogP contribution is 2.20. The molecule has 1 fully saturated rings. The largest absolute Gasteiger partial charge is 0.464 e. The summed E-state index contributed by atoms with van der Waals surface area (Å²) < 4.78 is 5.37. The predicted octanol–water partition coefficient (Wildman–Crippen LogP) is 1.31. The van der Waals surface area contributed by atoms with Gasteiger partial charge in [-0.1, -0.05) is 0 Å². The Morgan fingerprint density at radius 3 is 2.93 bits per heavy atom. The molecule has 2 atom stereocenters. The minimum absolute atomic E-state index is 0.0146. The van der Waals surface area contributed by atoms with Gasteiger partial charge in [-0.05, 0) is 32.1 Å². The number of hydrogen-bond donors (Lipinski definition) is 2. The van der Waals surface area contributed by atoms with E-state index in [1.54, 1.807) is 7.05 Å². The van der Waals surface area contributed by atoms with E-state index in [9.17, 15) is 4.79 Å². The molecule has 1 heterocycles. The summed E-state index contributed by atoms with van der Waals surface area (Å²) in [5, 5.41) is 10.1. The van der Waals surface area contributed by atoms with Gasteiger partial charge in [0, 0.05) is 26.3 Å². The molecule has 5 heteroatoms. The maximum Gasteiger partial charge on any atom is 0.422 e. The smallest absolute Gasteiger partial charge is 0.422 e. The molecule has 0 spiro atoms. The Hall–Kier alpha value is -0.810. The van der Waals surface area contributed by atoms with E-state index in [1.165, 1.54) is 5.01 Å². The molecular weight excluding hydrogens is 196 g/mol. The fourth-order valence-electron chi connectivity index (χ4n) is 2.09. The van der Waals surface area contributed by atoms with Crippen LogP contribution in [0.15, 0.2) is 0 Å². The lowest BCUT2D eigenvalue weighted by atomic mass is 9.95. The number of nitrogens with zero attached hydrogens (tertiary/aromatic N) is 1. The molecule has 1 unspecified atom stereocenters. The van der Waals surface area contributed by atoms with Gasteiger partial charge < -0.3 is 9.84 Å². The zero-order chi connectivity index (χ0) is 11.3. The van der Waals surface area contributed by atoms with E-state index >= 15 is 0 Å². The third-order valence-electron chi connectivity index (χ3n) is 2.82. The van der Waals surface area contributed by atoms with Crippen LogP contribution >= 0.6 is 0 Å². The van der Waals surface area contributed by atoms with E-state index in [4.69, 9.17) is 9.84 Å². The molecule has 1 aliphatic rings. The fraction of sp³-hybridized carbons (Fsp3) is 0.900. The quantitative estimate of drug-likeness (QED) is 0.695. The Kier molecular flexibility index (Phi) is 4.84. The summed E-state index contributed by atoms with van der Waals surface area (Å²) in [6.45, 7) is 3.53. The van der Waals surface area contributed by atoms with Gasteiger partial charge in [0.05, 0.1) is 0 Å². The summed E-state index contributed by atoms with van der Waals surface area (Å²) in [4.78, 5) is 10.8. The SMILES string of the molecule is CNN(C(=O)O)[C@@H](C)CC1CCCOC1. The lowest BCUT2D eigenvalue weighted by Crippen LogP contribution is -2.46. The number of hydrogen-bond acceptors (Lipinski definition) is 3. The van der Waals surface area contributed by atoms with Gasteiger partial charge in [-0.2, -0.15) is 0 Å². The first kappa shape index (κ1) is 12.3. The number of carboxylic acid groups (broad SMARTS) is 1. The highest BCUT2D eigenvalue weighted by molar-refractivity contribution is 5.64. The second-order valence-electron chi connectivity index (χ2n) is 4.04. The molecule has 0 saturated carbocycles. The molecule has 0 bridgehead atoms. The van der Waals surface area contributed by atoms with Gasteiger partial charge in [0.25, 0.3) is 0 Å². The van der Waals surface area contributed by atoms with E-state index < -0.39 is 6.09 Å². The van der Waals surface area contributed by atoms with Crippen LogP contribution in [0.3, 0.4) is 0 Å². The van der Waals surface area contributed by atoms with Crippen LogP contribution in [-0.2, 0) is 4.74 Å². The van der Waals surface area contributed by atoms with Crippen molar-refractivity contribution in [2.24, 2.45) is 5.92 Å². The second kappa shape index (κ2) is 5.92. The second-order valence-corrected chi connectivity index (χ2v) is 4.04. The molecule has 2 N–H and O–H groups in total. The molecule has 1 rings (SSSR count). The minimum Gasteiger partial charge on any atom is -0.464 e. The zero-order valence-corrected chi connectivity index (χ0v) is 9.40. The van der Waals surface area contributed by atoms with Crippen molar-refractivity contribution >= 4 is 6.09 Å². The molecule has 15 heavy (non-hydrogen) atoms. The summed E-state index contributed by atoms with van der Waals surface area (Å²) in [5.41, 5.74) is 2.68. The molecule has 1 amide bonds. The summed E-state index contributed by atoms with van der Waals surface area (Å²) in [6.07, 6.45) is 2.15. The molecule has 0 radical (unpaired) electrons. The third kappa shape index (κ3) is 3.68. The van der Waals surface area contributed by atoms with Crippen LogP contribution in [0.5, 0.6) is 0 Å². The van der Waals surface area contributed by atoms with E-state index in [0.29, 0.717) is 5.92 Å². The van der Waals surface area contributed by atoms with Gasteiger partial charge in [0.15, 0.2) is 0 Å². The van der Waals surface area contributed by atoms with Gasteiger partial charge in [0.2, 0.25) is 0 Å².